The van der Waals surface area contributed by atoms with E-state index in [1.54, 1.807) is 11.3 Å². The Bertz CT molecular complexity index is 1620. The maximum Gasteiger partial charge on any atom is 0.205 e. The SMILES string of the molecule is CCCCc1nc2nc(-c3ccccc3)sc2n1Cc1ccc(OCc2ccccc2-c2nn[nH]n2)cc1. The zero-order chi connectivity index (χ0) is 25.7. The summed E-state index contributed by atoms with van der Waals surface area (Å²) in [6.45, 7) is 3.37. The smallest absolute Gasteiger partial charge is 0.205 e. The number of hydrogen-bond donors (Lipinski definition) is 1. The van der Waals surface area contributed by atoms with Gasteiger partial charge in [-0.3, -0.25) is 0 Å². The molecule has 0 atom stereocenters. The lowest BCUT2D eigenvalue weighted by atomic mass is 10.1. The fourth-order valence-electron chi connectivity index (χ4n) is 4.42. The number of ether oxygens (including phenoxy) is 1. The van der Waals surface area contributed by atoms with Crippen LogP contribution in [0.1, 0.15) is 36.7 Å². The Morgan fingerprint density at radius 2 is 1.74 bits per heavy atom. The van der Waals surface area contributed by atoms with Crippen LogP contribution in [0.5, 0.6) is 5.75 Å². The van der Waals surface area contributed by atoms with Crippen molar-refractivity contribution in [1.29, 1.82) is 0 Å². The first kappa shape index (κ1) is 24.0. The Balaban J connectivity index is 1.21. The number of aryl methyl sites for hydroxylation is 1. The Morgan fingerprint density at radius 3 is 2.53 bits per heavy atom. The predicted octanol–water partition coefficient (Wildman–Crippen LogP) is 6.31. The highest BCUT2D eigenvalue weighted by Crippen LogP contribution is 2.32. The standard InChI is InChI=1S/C29H27N7OS/c1-2-3-13-25-30-27-29(38-28(31-27)21-9-5-4-6-10-21)36(25)18-20-14-16-23(17-15-20)37-19-22-11-7-8-12-24(22)26-32-34-35-33-26/h4-12,14-17H,2-3,13,18-19H2,1H3,(H,32,33,34,35). The molecule has 190 valence electrons. The van der Waals surface area contributed by atoms with Crippen molar-refractivity contribution < 1.29 is 4.74 Å². The van der Waals surface area contributed by atoms with E-state index in [-0.39, 0.29) is 0 Å². The second-order valence-corrected chi connectivity index (χ2v) is 10.0. The van der Waals surface area contributed by atoms with E-state index in [0.29, 0.717) is 12.4 Å². The zero-order valence-corrected chi connectivity index (χ0v) is 21.9. The van der Waals surface area contributed by atoms with Crippen LogP contribution in [0, 0.1) is 0 Å². The first-order valence-corrected chi connectivity index (χ1v) is 13.5. The van der Waals surface area contributed by atoms with E-state index in [1.165, 1.54) is 5.56 Å². The molecule has 3 aromatic heterocycles. The minimum Gasteiger partial charge on any atom is -0.489 e. The van der Waals surface area contributed by atoms with Crippen molar-refractivity contribution in [3.8, 4) is 27.7 Å². The number of H-pyrrole nitrogens is 1. The fourth-order valence-corrected chi connectivity index (χ4v) is 5.45. The van der Waals surface area contributed by atoms with Gasteiger partial charge >= 0.3 is 0 Å². The Labute approximate surface area is 224 Å². The highest BCUT2D eigenvalue weighted by molar-refractivity contribution is 7.21. The largest absolute Gasteiger partial charge is 0.489 e. The van der Waals surface area contributed by atoms with Crippen LogP contribution < -0.4 is 4.74 Å². The number of fused-ring (bicyclic) bond motifs is 1. The summed E-state index contributed by atoms with van der Waals surface area (Å²) >= 11 is 1.71. The van der Waals surface area contributed by atoms with E-state index in [0.717, 1.165) is 69.6 Å². The first-order chi connectivity index (χ1) is 18.8. The monoisotopic (exact) mass is 521 g/mol. The van der Waals surface area contributed by atoms with Gasteiger partial charge in [0.15, 0.2) is 5.65 Å². The van der Waals surface area contributed by atoms with Crippen LogP contribution in [0.4, 0.5) is 0 Å². The summed E-state index contributed by atoms with van der Waals surface area (Å²) in [5.74, 6) is 2.46. The second-order valence-electron chi connectivity index (χ2n) is 9.06. The molecule has 8 nitrogen and oxygen atoms in total. The van der Waals surface area contributed by atoms with Crippen LogP contribution in [0.15, 0.2) is 78.9 Å². The van der Waals surface area contributed by atoms with Crippen molar-refractivity contribution >= 4 is 21.8 Å². The van der Waals surface area contributed by atoms with Gasteiger partial charge in [0.2, 0.25) is 5.82 Å². The number of thiazole rings is 1. The Morgan fingerprint density at radius 1 is 0.921 bits per heavy atom. The van der Waals surface area contributed by atoms with E-state index in [1.807, 2.05) is 54.6 Å². The van der Waals surface area contributed by atoms with Crippen molar-refractivity contribution in [2.45, 2.75) is 39.3 Å². The number of benzene rings is 3. The molecule has 6 aromatic rings. The first-order valence-electron chi connectivity index (χ1n) is 12.7. The van der Waals surface area contributed by atoms with E-state index in [4.69, 9.17) is 14.7 Å². The number of rotatable bonds is 10. The van der Waals surface area contributed by atoms with E-state index >= 15 is 0 Å². The topological polar surface area (TPSA) is 94.4 Å². The second kappa shape index (κ2) is 10.9. The molecule has 3 aromatic carbocycles. The molecule has 0 bridgehead atoms. The van der Waals surface area contributed by atoms with Crippen LogP contribution in [0.3, 0.4) is 0 Å². The lowest BCUT2D eigenvalue weighted by molar-refractivity contribution is 0.306. The number of imidazole rings is 1. The highest BCUT2D eigenvalue weighted by atomic mass is 32.1. The zero-order valence-electron chi connectivity index (χ0n) is 21.0. The van der Waals surface area contributed by atoms with Gasteiger partial charge in [0, 0.05) is 23.1 Å². The van der Waals surface area contributed by atoms with Gasteiger partial charge in [-0.15, -0.1) is 10.2 Å². The number of aromatic amines is 1. The minimum atomic E-state index is 0.413. The molecule has 0 aliphatic heterocycles. The van der Waals surface area contributed by atoms with Gasteiger partial charge in [-0.2, -0.15) is 5.21 Å². The number of tetrazole rings is 1. The number of aromatic nitrogens is 7. The molecule has 3 heterocycles. The lowest BCUT2D eigenvalue weighted by Gasteiger charge is -2.11. The number of nitrogens with zero attached hydrogens (tertiary/aromatic N) is 6. The molecule has 0 amide bonds. The molecule has 0 aliphatic rings. The van der Waals surface area contributed by atoms with Gasteiger partial charge in [-0.05, 0) is 29.3 Å². The summed E-state index contributed by atoms with van der Waals surface area (Å²) in [5, 5.41) is 15.4. The molecule has 9 heteroatoms. The van der Waals surface area contributed by atoms with E-state index < -0.39 is 0 Å². The molecule has 0 spiro atoms. The molecule has 0 unspecified atom stereocenters. The van der Waals surface area contributed by atoms with Gasteiger partial charge in [0.05, 0.1) is 6.54 Å². The van der Waals surface area contributed by atoms with E-state index in [9.17, 15) is 0 Å². The molecule has 1 N–H and O–H groups in total. The van der Waals surface area contributed by atoms with Crippen LogP contribution in [0.2, 0.25) is 0 Å². The molecular formula is C29H27N7OS. The van der Waals surface area contributed by atoms with Crippen LogP contribution >= 0.6 is 11.3 Å². The molecule has 0 radical (unpaired) electrons. The third-order valence-corrected chi connectivity index (χ3v) is 7.54. The Kier molecular flexibility index (Phi) is 6.91. The molecule has 0 aliphatic carbocycles. The molecular weight excluding hydrogens is 494 g/mol. The maximum atomic E-state index is 6.11. The normalized spacial score (nSPS) is 11.3. The summed E-state index contributed by atoms with van der Waals surface area (Å²) in [4.78, 5) is 10.9. The summed E-state index contributed by atoms with van der Waals surface area (Å²) < 4.78 is 8.43. The van der Waals surface area contributed by atoms with Gasteiger partial charge in [0.1, 0.15) is 28.0 Å². The van der Waals surface area contributed by atoms with Gasteiger partial charge in [-0.25, -0.2) is 9.97 Å². The lowest BCUT2D eigenvalue weighted by Crippen LogP contribution is -2.05. The number of nitrogens with one attached hydrogen (secondary N) is 1. The minimum absolute atomic E-state index is 0.413. The van der Waals surface area contributed by atoms with Gasteiger partial charge in [-0.1, -0.05) is 91.4 Å². The number of unbranched alkanes of at least 4 members (excludes halogenated alkanes) is 1. The quantitative estimate of drug-likeness (QED) is 0.227. The maximum absolute atomic E-state index is 6.11. The Hall–Kier alpha value is -4.37. The van der Waals surface area contributed by atoms with Crippen LogP contribution in [-0.2, 0) is 19.6 Å². The van der Waals surface area contributed by atoms with Gasteiger partial charge < -0.3 is 9.30 Å². The summed E-state index contributed by atoms with van der Waals surface area (Å²) in [5.41, 5.74) is 5.05. The predicted molar refractivity (Wildman–Crippen MR) is 149 cm³/mol. The highest BCUT2D eigenvalue weighted by Gasteiger charge is 2.17. The van der Waals surface area contributed by atoms with Crippen molar-refractivity contribution in [3.05, 3.63) is 95.8 Å². The van der Waals surface area contributed by atoms with E-state index in [2.05, 4.69) is 56.4 Å². The molecule has 0 saturated carbocycles. The molecule has 0 fully saturated rings. The summed E-state index contributed by atoms with van der Waals surface area (Å²) in [6, 6.07) is 26.5. The van der Waals surface area contributed by atoms with Crippen LogP contribution in [-0.4, -0.2) is 35.2 Å². The summed E-state index contributed by atoms with van der Waals surface area (Å²) in [6.07, 6.45) is 3.18. The number of hydrogen-bond acceptors (Lipinski definition) is 7. The third-order valence-electron chi connectivity index (χ3n) is 6.42. The molecule has 6 rings (SSSR count). The third kappa shape index (κ3) is 5.05. The molecule has 38 heavy (non-hydrogen) atoms. The van der Waals surface area contributed by atoms with Crippen molar-refractivity contribution in [1.82, 2.24) is 35.2 Å². The van der Waals surface area contributed by atoms with Crippen molar-refractivity contribution in [3.63, 3.8) is 0 Å². The molecule has 0 saturated heterocycles. The van der Waals surface area contributed by atoms with Crippen molar-refractivity contribution in [2.75, 3.05) is 0 Å². The van der Waals surface area contributed by atoms with Crippen molar-refractivity contribution in [2.24, 2.45) is 0 Å². The summed E-state index contributed by atoms with van der Waals surface area (Å²) in [7, 11) is 0. The average Bonchev–Trinajstić information content (AvgIpc) is 3.71. The average molecular weight is 522 g/mol. The van der Waals surface area contributed by atoms with Crippen LogP contribution in [0.25, 0.3) is 32.4 Å². The fraction of sp³-hybridized carbons (Fsp3) is 0.207. The van der Waals surface area contributed by atoms with Gasteiger partial charge in [0.25, 0.3) is 0 Å².